The predicted molar refractivity (Wildman–Crippen MR) is 101 cm³/mol. The number of likely N-dealkylation sites (N-methyl/N-ethyl adjacent to an activating group) is 1. The lowest BCUT2D eigenvalue weighted by atomic mass is 9.87. The predicted octanol–water partition coefficient (Wildman–Crippen LogP) is 2.32. The number of carbonyl (C=O) groups is 3. The fraction of sp³-hybridized carbons (Fsp3) is 0.571. The van der Waals surface area contributed by atoms with E-state index in [9.17, 15) is 14.4 Å². The van der Waals surface area contributed by atoms with Gasteiger partial charge >= 0.3 is 5.97 Å². The van der Waals surface area contributed by atoms with Crippen molar-refractivity contribution in [3.63, 3.8) is 0 Å². The average Bonchev–Trinajstić information content (AvgIpc) is 3.07. The number of nitrogens with zero attached hydrogens (tertiary/aromatic N) is 2. The molecular weight excluding hydrogens is 344 g/mol. The first-order valence-corrected chi connectivity index (χ1v) is 9.68. The van der Waals surface area contributed by atoms with E-state index in [1.165, 1.54) is 11.1 Å². The summed E-state index contributed by atoms with van der Waals surface area (Å²) in [6.07, 6.45) is 3.14. The van der Waals surface area contributed by atoms with Gasteiger partial charge in [0.25, 0.3) is 5.91 Å². The molecule has 2 aliphatic rings. The van der Waals surface area contributed by atoms with E-state index in [4.69, 9.17) is 4.74 Å². The average molecular weight is 372 g/mol. The van der Waals surface area contributed by atoms with E-state index in [1.807, 2.05) is 26.0 Å². The van der Waals surface area contributed by atoms with E-state index in [1.54, 1.807) is 16.8 Å². The molecule has 0 spiro atoms. The van der Waals surface area contributed by atoms with Crippen LogP contribution < -0.4 is 0 Å². The van der Waals surface area contributed by atoms with Crippen molar-refractivity contribution in [2.45, 2.75) is 51.6 Å². The Balaban J connectivity index is 1.55. The van der Waals surface area contributed by atoms with Crippen LogP contribution in [0.2, 0.25) is 0 Å². The lowest BCUT2D eigenvalue weighted by Crippen LogP contribution is -2.37. The third kappa shape index (κ3) is 4.15. The first kappa shape index (κ1) is 19.4. The van der Waals surface area contributed by atoms with Gasteiger partial charge in [0.2, 0.25) is 5.91 Å². The molecule has 1 fully saturated rings. The van der Waals surface area contributed by atoms with Crippen molar-refractivity contribution in [3.8, 4) is 0 Å². The Morgan fingerprint density at radius 1 is 1.30 bits per heavy atom. The highest BCUT2D eigenvalue weighted by Gasteiger charge is 2.37. The molecule has 146 valence electrons. The second-order valence-corrected chi connectivity index (χ2v) is 7.76. The van der Waals surface area contributed by atoms with E-state index < -0.39 is 11.9 Å². The lowest BCUT2D eigenvalue weighted by Gasteiger charge is -2.33. The molecule has 27 heavy (non-hydrogen) atoms. The summed E-state index contributed by atoms with van der Waals surface area (Å²) in [5.74, 6) is -1.19. The topological polar surface area (TPSA) is 66.9 Å². The third-order valence-corrected chi connectivity index (χ3v) is 5.65. The Morgan fingerprint density at radius 2 is 2.04 bits per heavy atom. The minimum absolute atomic E-state index is 0.0191. The number of amides is 2. The van der Waals surface area contributed by atoms with Crippen molar-refractivity contribution in [2.75, 3.05) is 20.2 Å². The van der Waals surface area contributed by atoms with Crippen LogP contribution in [0.4, 0.5) is 0 Å². The number of carbonyl (C=O) groups excluding carboxylic acids is 3. The molecule has 1 aliphatic heterocycles. The highest BCUT2D eigenvalue weighted by molar-refractivity contribution is 5.88. The molecule has 6 heteroatoms. The summed E-state index contributed by atoms with van der Waals surface area (Å²) in [4.78, 5) is 40.2. The molecule has 1 heterocycles. The van der Waals surface area contributed by atoms with Gasteiger partial charge in [-0.15, -0.1) is 0 Å². The van der Waals surface area contributed by atoms with Gasteiger partial charge in [-0.05, 0) is 44.2 Å². The van der Waals surface area contributed by atoms with Crippen molar-refractivity contribution in [2.24, 2.45) is 5.92 Å². The molecule has 3 rings (SSSR count). The van der Waals surface area contributed by atoms with Crippen LogP contribution in [0.15, 0.2) is 24.3 Å². The van der Waals surface area contributed by atoms with Gasteiger partial charge in [0.15, 0.2) is 6.61 Å². The molecule has 0 N–H and O–H groups in total. The van der Waals surface area contributed by atoms with Crippen LogP contribution in [0, 0.1) is 5.92 Å². The highest BCUT2D eigenvalue weighted by Crippen LogP contribution is 2.33. The number of ether oxygens (including phenoxy) is 1. The molecule has 1 aliphatic carbocycles. The SMILES string of the molecule is CC(C)N1CC(C(=O)OCC(=O)N(C)C2CCCc3ccccc32)CC1=O. The Labute approximate surface area is 160 Å². The largest absolute Gasteiger partial charge is 0.455 e. The molecule has 1 aromatic carbocycles. The Morgan fingerprint density at radius 3 is 2.74 bits per heavy atom. The minimum Gasteiger partial charge on any atom is -0.455 e. The van der Waals surface area contributed by atoms with Crippen LogP contribution in [0.5, 0.6) is 0 Å². The number of esters is 1. The summed E-state index contributed by atoms with van der Waals surface area (Å²) in [7, 11) is 1.77. The number of hydrogen-bond acceptors (Lipinski definition) is 4. The van der Waals surface area contributed by atoms with Crippen molar-refractivity contribution in [1.29, 1.82) is 0 Å². The summed E-state index contributed by atoms with van der Waals surface area (Å²) in [6.45, 7) is 3.94. The van der Waals surface area contributed by atoms with Crippen molar-refractivity contribution in [1.82, 2.24) is 9.80 Å². The fourth-order valence-corrected chi connectivity index (χ4v) is 4.05. The Hall–Kier alpha value is -2.37. The summed E-state index contributed by atoms with van der Waals surface area (Å²) in [6, 6.07) is 8.28. The van der Waals surface area contributed by atoms with Crippen LogP contribution >= 0.6 is 0 Å². The smallest absolute Gasteiger partial charge is 0.311 e. The zero-order valence-corrected chi connectivity index (χ0v) is 16.3. The summed E-state index contributed by atoms with van der Waals surface area (Å²) < 4.78 is 5.26. The quantitative estimate of drug-likeness (QED) is 0.744. The van der Waals surface area contributed by atoms with Crippen molar-refractivity contribution >= 4 is 17.8 Å². The molecule has 1 aromatic rings. The molecule has 6 nitrogen and oxygen atoms in total. The van der Waals surface area contributed by atoms with Gasteiger partial charge in [-0.2, -0.15) is 0 Å². The fourth-order valence-electron chi connectivity index (χ4n) is 4.05. The van der Waals surface area contributed by atoms with Crippen molar-refractivity contribution < 1.29 is 19.1 Å². The van der Waals surface area contributed by atoms with E-state index in [-0.39, 0.29) is 36.9 Å². The summed E-state index contributed by atoms with van der Waals surface area (Å²) in [5.41, 5.74) is 2.46. The molecule has 1 saturated heterocycles. The van der Waals surface area contributed by atoms with Gasteiger partial charge in [0.1, 0.15) is 0 Å². The molecule has 0 aromatic heterocycles. The molecule has 2 atom stereocenters. The first-order valence-electron chi connectivity index (χ1n) is 9.68. The maximum atomic E-state index is 12.6. The van der Waals surface area contributed by atoms with E-state index in [0.717, 1.165) is 19.3 Å². The lowest BCUT2D eigenvalue weighted by molar-refractivity contribution is -0.155. The number of fused-ring (bicyclic) bond motifs is 1. The zero-order valence-electron chi connectivity index (χ0n) is 16.3. The number of likely N-dealkylation sites (tertiary alicyclic amines) is 1. The highest BCUT2D eigenvalue weighted by atomic mass is 16.5. The number of rotatable bonds is 5. The standard InChI is InChI=1S/C21H28N2O4/c1-14(2)23-12-16(11-19(23)24)21(26)27-13-20(25)22(3)18-10-6-8-15-7-4-5-9-17(15)18/h4-5,7,9,14,16,18H,6,8,10-13H2,1-3H3. The van der Waals surface area contributed by atoms with E-state index in [2.05, 4.69) is 12.1 Å². The summed E-state index contributed by atoms with van der Waals surface area (Å²) in [5, 5.41) is 0. The van der Waals surface area contributed by atoms with Crippen LogP contribution in [0.1, 0.15) is 50.3 Å². The van der Waals surface area contributed by atoms with Gasteiger partial charge in [0, 0.05) is 26.1 Å². The Bertz CT molecular complexity index is 731. The minimum atomic E-state index is -0.478. The van der Waals surface area contributed by atoms with Crippen LogP contribution in [-0.2, 0) is 25.5 Å². The Kier molecular flexibility index (Phi) is 5.82. The van der Waals surface area contributed by atoms with E-state index >= 15 is 0 Å². The second-order valence-electron chi connectivity index (χ2n) is 7.76. The van der Waals surface area contributed by atoms with Crippen molar-refractivity contribution in [3.05, 3.63) is 35.4 Å². The van der Waals surface area contributed by atoms with Gasteiger partial charge in [0.05, 0.1) is 12.0 Å². The molecule has 0 bridgehead atoms. The van der Waals surface area contributed by atoms with Gasteiger partial charge in [-0.25, -0.2) is 0 Å². The second kappa shape index (κ2) is 8.11. The van der Waals surface area contributed by atoms with Gasteiger partial charge in [-0.1, -0.05) is 24.3 Å². The first-order chi connectivity index (χ1) is 12.9. The number of hydrogen-bond donors (Lipinski definition) is 0. The number of benzene rings is 1. The van der Waals surface area contributed by atoms with Gasteiger partial charge < -0.3 is 14.5 Å². The zero-order chi connectivity index (χ0) is 19.6. The van der Waals surface area contributed by atoms with Crippen LogP contribution in [0.3, 0.4) is 0 Å². The maximum absolute atomic E-state index is 12.6. The molecule has 2 amide bonds. The number of aryl methyl sites for hydroxylation is 1. The van der Waals surface area contributed by atoms with E-state index in [0.29, 0.717) is 6.54 Å². The molecule has 0 radical (unpaired) electrons. The molecule has 2 unspecified atom stereocenters. The van der Waals surface area contributed by atoms with Crippen LogP contribution in [0.25, 0.3) is 0 Å². The third-order valence-electron chi connectivity index (χ3n) is 5.65. The summed E-state index contributed by atoms with van der Waals surface area (Å²) >= 11 is 0. The van der Waals surface area contributed by atoms with Gasteiger partial charge in [-0.3, -0.25) is 14.4 Å². The molecular formula is C21H28N2O4. The maximum Gasteiger partial charge on any atom is 0.311 e. The van der Waals surface area contributed by atoms with Crippen LogP contribution in [-0.4, -0.2) is 53.8 Å². The normalized spacial score (nSPS) is 21.9. The molecule has 0 saturated carbocycles. The monoisotopic (exact) mass is 372 g/mol.